The SMILES string of the molecule is Cc1ccc(C)c(-c2n[nH]c(CC(=O)O)c2Br)c1. The van der Waals surface area contributed by atoms with Crippen molar-refractivity contribution in [3.05, 3.63) is 39.5 Å². The lowest BCUT2D eigenvalue weighted by Gasteiger charge is -2.04. The van der Waals surface area contributed by atoms with E-state index in [-0.39, 0.29) is 6.42 Å². The maximum atomic E-state index is 10.7. The van der Waals surface area contributed by atoms with E-state index in [4.69, 9.17) is 5.11 Å². The zero-order chi connectivity index (χ0) is 13.3. The van der Waals surface area contributed by atoms with E-state index >= 15 is 0 Å². The van der Waals surface area contributed by atoms with E-state index in [0.29, 0.717) is 5.69 Å². The fraction of sp³-hybridized carbons (Fsp3) is 0.231. The molecule has 2 aromatic rings. The highest BCUT2D eigenvalue weighted by Crippen LogP contribution is 2.31. The Bertz CT molecular complexity index is 605. The second kappa shape index (κ2) is 4.94. The monoisotopic (exact) mass is 308 g/mol. The topological polar surface area (TPSA) is 66.0 Å². The van der Waals surface area contributed by atoms with Crippen molar-refractivity contribution in [1.82, 2.24) is 10.2 Å². The molecular formula is C13H13BrN2O2. The summed E-state index contributed by atoms with van der Waals surface area (Å²) in [5.74, 6) is -0.883. The van der Waals surface area contributed by atoms with Crippen molar-refractivity contribution >= 4 is 21.9 Å². The minimum Gasteiger partial charge on any atom is -0.481 e. The first-order valence-electron chi connectivity index (χ1n) is 5.51. The van der Waals surface area contributed by atoms with E-state index in [1.807, 2.05) is 32.0 Å². The van der Waals surface area contributed by atoms with Crippen molar-refractivity contribution in [2.24, 2.45) is 0 Å². The van der Waals surface area contributed by atoms with Crippen LogP contribution in [0.3, 0.4) is 0 Å². The molecular weight excluding hydrogens is 296 g/mol. The second-order valence-electron chi connectivity index (χ2n) is 4.25. The van der Waals surface area contributed by atoms with Gasteiger partial charge in [0.05, 0.1) is 16.6 Å². The van der Waals surface area contributed by atoms with Gasteiger partial charge in [-0.2, -0.15) is 5.10 Å². The number of carboxylic acids is 1. The number of hydrogen-bond acceptors (Lipinski definition) is 2. The summed E-state index contributed by atoms with van der Waals surface area (Å²) < 4.78 is 0.721. The molecule has 1 aromatic heterocycles. The van der Waals surface area contributed by atoms with Crippen LogP contribution in [0, 0.1) is 13.8 Å². The first kappa shape index (κ1) is 12.8. The van der Waals surface area contributed by atoms with Crippen molar-refractivity contribution in [3.8, 4) is 11.3 Å². The highest BCUT2D eigenvalue weighted by Gasteiger charge is 2.16. The molecule has 5 heteroatoms. The molecule has 0 saturated carbocycles. The standard InChI is InChI=1S/C13H13BrN2O2/c1-7-3-4-8(2)9(5-7)13-12(14)10(15-16-13)6-11(17)18/h3-5H,6H2,1-2H3,(H,15,16)(H,17,18). The normalized spacial score (nSPS) is 10.6. The molecule has 0 aliphatic carbocycles. The third-order valence-corrected chi connectivity index (χ3v) is 3.61. The molecule has 2 N–H and O–H groups in total. The Kier molecular flexibility index (Phi) is 3.52. The number of benzene rings is 1. The van der Waals surface area contributed by atoms with Gasteiger partial charge in [0.25, 0.3) is 0 Å². The third-order valence-electron chi connectivity index (χ3n) is 2.75. The summed E-state index contributed by atoms with van der Waals surface area (Å²) in [6.07, 6.45) is -0.0710. The average Bonchev–Trinajstić information content (AvgIpc) is 2.64. The number of carbonyl (C=O) groups is 1. The van der Waals surface area contributed by atoms with Crippen LogP contribution in [0.25, 0.3) is 11.3 Å². The Morgan fingerprint density at radius 1 is 1.44 bits per heavy atom. The summed E-state index contributed by atoms with van der Waals surface area (Å²) in [6, 6.07) is 6.11. The molecule has 0 atom stereocenters. The lowest BCUT2D eigenvalue weighted by atomic mass is 10.0. The number of aliphatic carboxylic acids is 1. The van der Waals surface area contributed by atoms with Crippen molar-refractivity contribution < 1.29 is 9.90 Å². The van der Waals surface area contributed by atoms with Gasteiger partial charge in [0.1, 0.15) is 5.69 Å². The van der Waals surface area contributed by atoms with Gasteiger partial charge in [-0.15, -0.1) is 0 Å². The molecule has 4 nitrogen and oxygen atoms in total. The Labute approximate surface area is 113 Å². The second-order valence-corrected chi connectivity index (χ2v) is 5.05. The lowest BCUT2D eigenvalue weighted by Crippen LogP contribution is -2.00. The van der Waals surface area contributed by atoms with Crippen LogP contribution in [0.1, 0.15) is 16.8 Å². The van der Waals surface area contributed by atoms with Gasteiger partial charge in [0.15, 0.2) is 0 Å². The number of aryl methyl sites for hydroxylation is 2. The predicted octanol–water partition coefficient (Wildman–Crippen LogP) is 3.08. The van der Waals surface area contributed by atoms with Gasteiger partial charge in [-0.1, -0.05) is 17.7 Å². The highest BCUT2D eigenvalue weighted by molar-refractivity contribution is 9.10. The number of halogens is 1. The molecule has 1 aromatic carbocycles. The molecule has 0 aliphatic heterocycles. The van der Waals surface area contributed by atoms with E-state index in [1.54, 1.807) is 0 Å². The van der Waals surface area contributed by atoms with Crippen LogP contribution in [0.2, 0.25) is 0 Å². The zero-order valence-corrected chi connectivity index (χ0v) is 11.7. The van der Waals surface area contributed by atoms with Gasteiger partial charge in [-0.25, -0.2) is 0 Å². The lowest BCUT2D eigenvalue weighted by molar-refractivity contribution is -0.136. The molecule has 0 saturated heterocycles. The fourth-order valence-electron chi connectivity index (χ4n) is 1.80. The van der Waals surface area contributed by atoms with Crippen LogP contribution in [0.5, 0.6) is 0 Å². The van der Waals surface area contributed by atoms with Gasteiger partial charge in [-0.05, 0) is 41.4 Å². The molecule has 0 fully saturated rings. The van der Waals surface area contributed by atoms with Crippen molar-refractivity contribution in [3.63, 3.8) is 0 Å². The Morgan fingerprint density at radius 3 is 2.83 bits per heavy atom. The molecule has 94 valence electrons. The van der Waals surface area contributed by atoms with Gasteiger partial charge in [0, 0.05) is 5.56 Å². The van der Waals surface area contributed by atoms with E-state index in [1.165, 1.54) is 0 Å². The van der Waals surface area contributed by atoms with Gasteiger partial charge < -0.3 is 5.11 Å². The molecule has 0 bridgehead atoms. The Morgan fingerprint density at radius 2 is 2.17 bits per heavy atom. The summed E-state index contributed by atoms with van der Waals surface area (Å²) in [4.78, 5) is 10.7. The van der Waals surface area contributed by atoms with Gasteiger partial charge >= 0.3 is 5.97 Å². The minimum atomic E-state index is -0.883. The number of carboxylic acid groups (broad SMARTS) is 1. The van der Waals surface area contributed by atoms with Crippen molar-refractivity contribution in [1.29, 1.82) is 0 Å². The maximum Gasteiger partial charge on any atom is 0.309 e. The summed E-state index contributed by atoms with van der Waals surface area (Å²) >= 11 is 3.42. The third kappa shape index (κ3) is 2.46. The number of aromatic amines is 1. The maximum absolute atomic E-state index is 10.7. The van der Waals surface area contributed by atoms with E-state index in [0.717, 1.165) is 26.9 Å². The number of H-pyrrole nitrogens is 1. The number of hydrogen-bond donors (Lipinski definition) is 2. The van der Waals surface area contributed by atoms with Crippen LogP contribution in [0.4, 0.5) is 0 Å². The van der Waals surface area contributed by atoms with Crippen molar-refractivity contribution in [2.75, 3.05) is 0 Å². The first-order valence-corrected chi connectivity index (χ1v) is 6.30. The smallest absolute Gasteiger partial charge is 0.309 e. The molecule has 0 unspecified atom stereocenters. The van der Waals surface area contributed by atoms with Crippen LogP contribution >= 0.6 is 15.9 Å². The summed E-state index contributed by atoms with van der Waals surface area (Å²) in [7, 11) is 0. The summed E-state index contributed by atoms with van der Waals surface area (Å²) in [5, 5.41) is 15.8. The Hall–Kier alpha value is -1.62. The molecule has 0 radical (unpaired) electrons. The fourth-order valence-corrected chi connectivity index (χ4v) is 2.33. The van der Waals surface area contributed by atoms with Crippen LogP contribution in [0.15, 0.2) is 22.7 Å². The molecule has 18 heavy (non-hydrogen) atoms. The van der Waals surface area contributed by atoms with E-state index in [9.17, 15) is 4.79 Å². The molecule has 2 rings (SSSR count). The van der Waals surface area contributed by atoms with Crippen molar-refractivity contribution in [2.45, 2.75) is 20.3 Å². The number of rotatable bonds is 3. The predicted molar refractivity (Wildman–Crippen MR) is 72.5 cm³/mol. The largest absolute Gasteiger partial charge is 0.481 e. The number of nitrogens with one attached hydrogen (secondary N) is 1. The highest BCUT2D eigenvalue weighted by atomic mass is 79.9. The summed E-state index contributed by atoms with van der Waals surface area (Å²) in [6.45, 7) is 4.02. The van der Waals surface area contributed by atoms with Crippen LogP contribution in [-0.2, 0) is 11.2 Å². The van der Waals surface area contributed by atoms with Gasteiger partial charge in [-0.3, -0.25) is 9.89 Å². The zero-order valence-electron chi connectivity index (χ0n) is 10.1. The van der Waals surface area contributed by atoms with Crippen LogP contribution in [-0.4, -0.2) is 21.3 Å². The quantitative estimate of drug-likeness (QED) is 0.915. The van der Waals surface area contributed by atoms with Crippen LogP contribution < -0.4 is 0 Å². The first-order chi connectivity index (χ1) is 8.49. The Balaban J connectivity index is 2.48. The summed E-state index contributed by atoms with van der Waals surface area (Å²) in [5.41, 5.74) is 4.60. The average molecular weight is 309 g/mol. The van der Waals surface area contributed by atoms with E-state index in [2.05, 4.69) is 26.1 Å². The number of nitrogens with zero attached hydrogens (tertiary/aromatic N) is 1. The molecule has 0 aliphatic rings. The number of aromatic nitrogens is 2. The molecule has 0 amide bonds. The minimum absolute atomic E-state index is 0.0710. The van der Waals surface area contributed by atoms with Gasteiger partial charge in [0.2, 0.25) is 0 Å². The molecule has 1 heterocycles. The molecule has 0 spiro atoms. The van der Waals surface area contributed by atoms with E-state index < -0.39 is 5.97 Å².